The van der Waals surface area contributed by atoms with Crippen molar-refractivity contribution in [3.05, 3.63) is 30.1 Å². The molecule has 2 nitrogen and oxygen atoms in total. The molecule has 1 aromatic carbocycles. The van der Waals surface area contributed by atoms with Crippen LogP contribution in [0.5, 0.6) is 0 Å². The van der Waals surface area contributed by atoms with E-state index in [4.69, 9.17) is 5.41 Å². The van der Waals surface area contributed by atoms with E-state index < -0.39 is 0 Å². The van der Waals surface area contributed by atoms with E-state index in [1.807, 2.05) is 0 Å². The number of alkyl halides is 1. The van der Waals surface area contributed by atoms with E-state index in [1.165, 1.54) is 12.3 Å². The second-order valence-electron chi connectivity index (χ2n) is 2.81. The maximum Gasteiger partial charge on any atom is 0.148 e. The molecule has 1 N–H and O–H groups in total. The predicted octanol–water partition coefficient (Wildman–Crippen LogP) is 3.33. The lowest BCUT2D eigenvalue weighted by Gasteiger charge is -2.00. The molecule has 0 aliphatic carbocycles. The summed E-state index contributed by atoms with van der Waals surface area (Å²) in [5.74, 6) is -0.355. The number of hydrogen-bond donors (Lipinski definition) is 1. The molecule has 1 atom stereocenters. The van der Waals surface area contributed by atoms with Gasteiger partial charge in [0.25, 0.3) is 0 Å². The van der Waals surface area contributed by atoms with Crippen molar-refractivity contribution in [3.63, 3.8) is 0 Å². The normalized spacial score (nSPS) is 13.1. The van der Waals surface area contributed by atoms with Crippen LogP contribution in [0.3, 0.4) is 0 Å². The third kappa shape index (κ3) is 3.03. The van der Waals surface area contributed by atoms with Gasteiger partial charge < -0.3 is 5.41 Å². The van der Waals surface area contributed by atoms with Crippen molar-refractivity contribution in [2.45, 2.75) is 11.8 Å². The number of aliphatic imine (C=N–C) groups is 1. The summed E-state index contributed by atoms with van der Waals surface area (Å²) in [6.45, 7) is 1.66. The minimum Gasteiger partial charge on any atom is -0.308 e. The topological polar surface area (TPSA) is 36.2 Å². The standard InChI is InChI=1S/C10H10BrFN2/c1-7(13)8(11)6-14-10-5-3-2-4-9(10)12/h2-6,8,13H,1H3. The fourth-order valence-electron chi connectivity index (χ4n) is 0.814. The first kappa shape index (κ1) is 11.0. The van der Waals surface area contributed by atoms with Crippen LogP contribution < -0.4 is 0 Å². The molecule has 0 saturated carbocycles. The third-order valence-electron chi connectivity index (χ3n) is 1.61. The quantitative estimate of drug-likeness (QED) is 0.637. The summed E-state index contributed by atoms with van der Waals surface area (Å²) in [6.07, 6.45) is 1.50. The molecule has 14 heavy (non-hydrogen) atoms. The van der Waals surface area contributed by atoms with E-state index in [9.17, 15) is 4.39 Å². The second kappa shape index (κ2) is 5.00. The number of benzene rings is 1. The average Bonchev–Trinajstić information content (AvgIpc) is 2.16. The third-order valence-corrected chi connectivity index (χ3v) is 2.53. The van der Waals surface area contributed by atoms with Gasteiger partial charge in [0.05, 0.1) is 10.5 Å². The minimum absolute atomic E-state index is 0.234. The van der Waals surface area contributed by atoms with Gasteiger partial charge >= 0.3 is 0 Å². The van der Waals surface area contributed by atoms with Gasteiger partial charge in [-0.2, -0.15) is 0 Å². The van der Waals surface area contributed by atoms with Gasteiger partial charge in [-0.25, -0.2) is 4.39 Å². The molecule has 74 valence electrons. The first-order valence-corrected chi connectivity index (χ1v) is 5.00. The number of para-hydroxylation sites is 1. The van der Waals surface area contributed by atoms with E-state index in [0.717, 1.165) is 0 Å². The van der Waals surface area contributed by atoms with Gasteiger partial charge in [0, 0.05) is 11.9 Å². The van der Waals surface area contributed by atoms with Crippen LogP contribution in [-0.2, 0) is 0 Å². The van der Waals surface area contributed by atoms with Crippen LogP contribution in [0, 0.1) is 11.2 Å². The van der Waals surface area contributed by atoms with Gasteiger partial charge in [0.2, 0.25) is 0 Å². The Morgan fingerprint density at radius 3 is 2.79 bits per heavy atom. The average molecular weight is 257 g/mol. The summed E-state index contributed by atoms with van der Waals surface area (Å²) >= 11 is 3.23. The summed E-state index contributed by atoms with van der Waals surface area (Å²) in [5, 5.41) is 7.29. The van der Waals surface area contributed by atoms with Gasteiger partial charge in [0.15, 0.2) is 0 Å². The van der Waals surface area contributed by atoms with Crippen molar-refractivity contribution < 1.29 is 4.39 Å². The van der Waals surface area contributed by atoms with Crippen molar-refractivity contribution in [3.8, 4) is 0 Å². The SMILES string of the molecule is CC(=N)C(Br)C=Nc1ccccc1F. The van der Waals surface area contributed by atoms with Gasteiger partial charge in [0.1, 0.15) is 5.82 Å². The smallest absolute Gasteiger partial charge is 0.148 e. The highest BCUT2D eigenvalue weighted by molar-refractivity contribution is 9.10. The first-order chi connectivity index (χ1) is 6.61. The van der Waals surface area contributed by atoms with Crippen LogP contribution in [0.25, 0.3) is 0 Å². The number of hydrogen-bond acceptors (Lipinski definition) is 2. The van der Waals surface area contributed by atoms with Crippen LogP contribution >= 0.6 is 15.9 Å². The fourth-order valence-corrected chi connectivity index (χ4v) is 0.932. The van der Waals surface area contributed by atoms with Gasteiger partial charge in [-0.05, 0) is 19.1 Å². The van der Waals surface area contributed by atoms with Gasteiger partial charge in [-0.3, -0.25) is 4.99 Å². The van der Waals surface area contributed by atoms with Crippen LogP contribution in [0.2, 0.25) is 0 Å². The molecule has 4 heteroatoms. The molecule has 0 amide bonds. The van der Waals surface area contributed by atoms with Crippen LogP contribution in [0.15, 0.2) is 29.3 Å². The predicted molar refractivity (Wildman–Crippen MR) is 60.7 cm³/mol. The molecule has 0 fully saturated rings. The number of nitrogens with zero attached hydrogens (tertiary/aromatic N) is 1. The summed E-state index contributed by atoms with van der Waals surface area (Å²) in [5.41, 5.74) is 0.725. The Morgan fingerprint density at radius 2 is 2.21 bits per heavy atom. The van der Waals surface area contributed by atoms with Crippen LogP contribution in [-0.4, -0.2) is 16.8 Å². The molecule has 1 rings (SSSR count). The molecular weight excluding hydrogens is 247 g/mol. The molecule has 0 heterocycles. The van der Waals surface area contributed by atoms with E-state index >= 15 is 0 Å². The Morgan fingerprint density at radius 1 is 1.57 bits per heavy atom. The summed E-state index contributed by atoms with van der Waals surface area (Å²) in [4.78, 5) is 3.71. The molecule has 0 aliphatic rings. The fraction of sp³-hybridized carbons (Fsp3) is 0.200. The maximum absolute atomic E-state index is 13.1. The highest BCUT2D eigenvalue weighted by Crippen LogP contribution is 2.16. The lowest BCUT2D eigenvalue weighted by atomic mass is 10.3. The Bertz CT molecular complexity index is 363. The van der Waals surface area contributed by atoms with Crippen LogP contribution in [0.4, 0.5) is 10.1 Å². The molecule has 1 unspecified atom stereocenters. The van der Waals surface area contributed by atoms with Crippen LogP contribution in [0.1, 0.15) is 6.92 Å². The zero-order chi connectivity index (χ0) is 10.6. The number of rotatable bonds is 3. The highest BCUT2D eigenvalue weighted by atomic mass is 79.9. The lowest BCUT2D eigenvalue weighted by Crippen LogP contribution is -2.09. The number of nitrogens with one attached hydrogen (secondary N) is 1. The zero-order valence-electron chi connectivity index (χ0n) is 7.67. The van der Waals surface area contributed by atoms with E-state index in [0.29, 0.717) is 11.4 Å². The Kier molecular flexibility index (Phi) is 3.95. The van der Waals surface area contributed by atoms with E-state index in [-0.39, 0.29) is 10.6 Å². The van der Waals surface area contributed by atoms with Crippen molar-refractivity contribution in [2.75, 3.05) is 0 Å². The molecule has 0 aromatic heterocycles. The molecule has 1 aromatic rings. The van der Waals surface area contributed by atoms with Crippen molar-refractivity contribution >= 4 is 33.5 Å². The summed E-state index contributed by atoms with van der Waals surface area (Å²) in [7, 11) is 0. The van der Waals surface area contributed by atoms with Crippen molar-refractivity contribution in [2.24, 2.45) is 4.99 Å². The summed E-state index contributed by atoms with van der Waals surface area (Å²) < 4.78 is 13.1. The Hall–Kier alpha value is -1.03. The maximum atomic E-state index is 13.1. The summed E-state index contributed by atoms with van der Waals surface area (Å²) in [6, 6.07) is 6.27. The minimum atomic E-state index is -0.355. The molecule has 0 bridgehead atoms. The van der Waals surface area contributed by atoms with E-state index in [2.05, 4.69) is 20.9 Å². The molecule has 0 saturated heterocycles. The highest BCUT2D eigenvalue weighted by Gasteiger charge is 2.02. The van der Waals surface area contributed by atoms with Gasteiger partial charge in [-0.15, -0.1) is 0 Å². The molecule has 0 spiro atoms. The monoisotopic (exact) mass is 256 g/mol. The molecular formula is C10H10BrFN2. The second-order valence-corrected chi connectivity index (χ2v) is 3.80. The van der Waals surface area contributed by atoms with Gasteiger partial charge in [-0.1, -0.05) is 28.1 Å². The zero-order valence-corrected chi connectivity index (χ0v) is 9.25. The van der Waals surface area contributed by atoms with E-state index in [1.54, 1.807) is 25.1 Å². The molecule has 0 aliphatic heterocycles. The van der Waals surface area contributed by atoms with Crippen molar-refractivity contribution in [1.29, 1.82) is 5.41 Å². The lowest BCUT2D eigenvalue weighted by molar-refractivity contribution is 0.630. The Balaban J connectivity index is 2.78. The number of halogens is 2. The molecule has 0 radical (unpaired) electrons. The Labute approximate surface area is 90.5 Å². The largest absolute Gasteiger partial charge is 0.308 e. The van der Waals surface area contributed by atoms with Crippen molar-refractivity contribution in [1.82, 2.24) is 0 Å². The first-order valence-electron chi connectivity index (χ1n) is 4.09.